The van der Waals surface area contributed by atoms with Crippen molar-refractivity contribution >= 4 is 32.3 Å². The van der Waals surface area contributed by atoms with Crippen molar-refractivity contribution in [2.75, 3.05) is 6.61 Å². The van der Waals surface area contributed by atoms with Crippen LogP contribution in [0.2, 0.25) is 36.3 Å². The van der Waals surface area contributed by atoms with Crippen molar-refractivity contribution in [2.24, 2.45) is 5.92 Å². The Balaban J connectivity index is 3.43. The van der Waals surface area contributed by atoms with E-state index in [9.17, 15) is 13.2 Å². The van der Waals surface area contributed by atoms with Crippen LogP contribution < -0.4 is 0 Å². The minimum atomic E-state index is -3.93. The summed E-state index contributed by atoms with van der Waals surface area (Å²) in [7, 11) is -8.13. The zero-order chi connectivity index (χ0) is 29.0. The van der Waals surface area contributed by atoms with E-state index in [0.717, 1.165) is 5.57 Å². The molecule has 8 heteroatoms. The van der Waals surface area contributed by atoms with Gasteiger partial charge in [-0.3, -0.25) is 4.79 Å². The molecule has 0 aliphatic rings. The van der Waals surface area contributed by atoms with Crippen LogP contribution in [0.25, 0.3) is 0 Å². The van der Waals surface area contributed by atoms with Crippen molar-refractivity contribution in [3.63, 3.8) is 0 Å². The summed E-state index contributed by atoms with van der Waals surface area (Å²) in [4.78, 5) is 13.9. The Morgan fingerprint density at radius 1 is 0.946 bits per heavy atom. The lowest BCUT2D eigenvalue weighted by Crippen LogP contribution is -2.45. The van der Waals surface area contributed by atoms with Crippen LogP contribution in [0, 0.1) is 5.92 Å². The van der Waals surface area contributed by atoms with Crippen LogP contribution in [0.3, 0.4) is 0 Å². The molecule has 0 fully saturated rings. The maximum atomic E-state index is 13.8. The van der Waals surface area contributed by atoms with E-state index in [1.807, 2.05) is 20.8 Å². The second kappa shape index (κ2) is 12.4. The first-order valence-electron chi connectivity index (χ1n) is 13.4. The number of benzene rings is 1. The lowest BCUT2D eigenvalue weighted by molar-refractivity contribution is -0.115. The van der Waals surface area contributed by atoms with Gasteiger partial charge in [-0.1, -0.05) is 73.6 Å². The Kier molecular flexibility index (Phi) is 11.4. The molecule has 0 aromatic heterocycles. The third kappa shape index (κ3) is 8.72. The Morgan fingerprint density at radius 3 is 1.86 bits per heavy atom. The van der Waals surface area contributed by atoms with Crippen molar-refractivity contribution in [1.82, 2.24) is 0 Å². The zero-order valence-electron chi connectivity index (χ0n) is 25.6. The van der Waals surface area contributed by atoms with Gasteiger partial charge in [0.05, 0.1) is 11.0 Å². The van der Waals surface area contributed by atoms with Crippen LogP contribution in [0.5, 0.6) is 0 Å². The second-order valence-corrected chi connectivity index (χ2v) is 25.0. The van der Waals surface area contributed by atoms with Crippen LogP contribution in [0.4, 0.5) is 0 Å². The zero-order valence-corrected chi connectivity index (χ0v) is 28.4. The number of rotatable bonds is 12. The second-order valence-electron chi connectivity index (χ2n) is 13.4. The molecule has 0 aliphatic heterocycles. The first kappa shape index (κ1) is 34.0. The molecule has 1 aromatic carbocycles. The Labute approximate surface area is 229 Å². The van der Waals surface area contributed by atoms with Crippen LogP contribution in [0.15, 0.2) is 46.9 Å². The largest absolute Gasteiger partial charge is 0.417 e. The maximum Gasteiger partial charge on any atom is 0.192 e. The summed E-state index contributed by atoms with van der Waals surface area (Å²) in [6.07, 6.45) is 1.99. The molecule has 0 heterocycles. The van der Waals surface area contributed by atoms with Gasteiger partial charge in [0.2, 0.25) is 0 Å². The third-order valence-corrected chi connectivity index (χ3v) is 19.5. The summed E-state index contributed by atoms with van der Waals surface area (Å²) in [5, 5.41) is -1.23. The highest BCUT2D eigenvalue weighted by Gasteiger charge is 2.42. The van der Waals surface area contributed by atoms with Gasteiger partial charge >= 0.3 is 0 Å². The van der Waals surface area contributed by atoms with Crippen LogP contribution >= 0.6 is 0 Å². The number of allylic oxidation sites excluding steroid dienone is 1. The molecule has 0 radical (unpaired) electrons. The molecule has 37 heavy (non-hydrogen) atoms. The minimum Gasteiger partial charge on any atom is -0.417 e. The molecule has 5 nitrogen and oxygen atoms in total. The number of ketones is 1. The predicted molar refractivity (Wildman–Crippen MR) is 161 cm³/mol. The molecule has 1 aromatic rings. The van der Waals surface area contributed by atoms with E-state index in [1.54, 1.807) is 30.3 Å². The molecule has 0 saturated carbocycles. The van der Waals surface area contributed by atoms with Crippen LogP contribution in [-0.2, 0) is 23.5 Å². The average molecular weight is 569 g/mol. The summed E-state index contributed by atoms with van der Waals surface area (Å²) in [5.74, 6) is -0.928. The minimum absolute atomic E-state index is 0.0174. The standard InChI is InChI=1S/C29H52O5SSi2/c1-14-26(34-37(12,13)29(7,8)9)22(2)20-25(30)27(35(31,32)24-18-16-15-17-19-24)23(3)21-33-36(10,11)28(4,5)6/h15-20,23,26-27H,14,21H2,1-13H3/b22-20+/t23-,26-,27?/m1/s1. The number of hydrogen-bond donors (Lipinski definition) is 0. The SMILES string of the molecule is CC[C@@H](O[Si](C)(C)C(C)(C)C)/C(C)=C/C(=O)C([C@H](C)CO[Si](C)(C)C(C)(C)C)S(=O)(=O)c1ccccc1. The first-order valence-corrected chi connectivity index (χ1v) is 20.8. The molecular formula is C29H52O5SSi2. The molecule has 0 N–H and O–H groups in total. The van der Waals surface area contributed by atoms with Crippen LogP contribution in [-0.4, -0.2) is 48.8 Å². The monoisotopic (exact) mass is 568 g/mol. The van der Waals surface area contributed by atoms with Gasteiger partial charge in [0.25, 0.3) is 0 Å². The quantitative estimate of drug-likeness (QED) is 0.190. The Bertz CT molecular complexity index is 1030. The molecule has 0 saturated heterocycles. The first-order chi connectivity index (χ1) is 16.6. The smallest absolute Gasteiger partial charge is 0.192 e. The summed E-state index contributed by atoms with van der Waals surface area (Å²) < 4.78 is 40.6. The summed E-state index contributed by atoms with van der Waals surface area (Å²) in [6, 6.07) is 8.26. The van der Waals surface area contributed by atoms with Gasteiger partial charge in [-0.15, -0.1) is 0 Å². The van der Waals surface area contributed by atoms with Gasteiger partial charge in [0.1, 0.15) is 5.25 Å². The van der Waals surface area contributed by atoms with Gasteiger partial charge in [-0.05, 0) is 73.4 Å². The summed E-state index contributed by atoms with van der Waals surface area (Å²) in [5.41, 5.74) is 0.767. The van der Waals surface area contributed by atoms with Gasteiger partial charge in [0.15, 0.2) is 32.3 Å². The Hall–Kier alpha value is -1.07. The van der Waals surface area contributed by atoms with E-state index in [1.165, 1.54) is 6.08 Å². The number of sulfone groups is 1. The lowest BCUT2D eigenvalue weighted by atomic mass is 10.0. The van der Waals surface area contributed by atoms with Crippen LogP contribution in [0.1, 0.15) is 68.7 Å². The topological polar surface area (TPSA) is 69.7 Å². The Morgan fingerprint density at radius 2 is 1.43 bits per heavy atom. The molecule has 0 spiro atoms. The highest BCUT2D eigenvalue weighted by Crippen LogP contribution is 2.39. The van der Waals surface area contributed by atoms with Crippen molar-refractivity contribution in [1.29, 1.82) is 0 Å². The molecule has 0 bridgehead atoms. The number of carbonyl (C=O) groups is 1. The number of hydrogen-bond acceptors (Lipinski definition) is 5. The molecule has 0 aliphatic carbocycles. The van der Waals surface area contributed by atoms with Gasteiger partial charge in [0, 0.05) is 12.5 Å². The van der Waals surface area contributed by atoms with Gasteiger partial charge in [-0.25, -0.2) is 8.42 Å². The molecule has 3 atom stereocenters. The molecular weight excluding hydrogens is 517 g/mol. The third-order valence-electron chi connectivity index (χ3n) is 8.21. The summed E-state index contributed by atoms with van der Waals surface area (Å²) in [6.45, 7) is 27.6. The normalized spacial score (nSPS) is 16.8. The van der Waals surface area contributed by atoms with Crippen molar-refractivity contribution in [3.05, 3.63) is 42.0 Å². The predicted octanol–water partition coefficient (Wildman–Crippen LogP) is 7.80. The highest BCUT2D eigenvalue weighted by molar-refractivity contribution is 7.92. The van der Waals surface area contributed by atoms with Crippen molar-refractivity contribution in [3.8, 4) is 0 Å². The van der Waals surface area contributed by atoms with E-state index in [4.69, 9.17) is 8.85 Å². The fourth-order valence-corrected chi connectivity index (χ4v) is 7.99. The van der Waals surface area contributed by atoms with Gasteiger partial charge in [-0.2, -0.15) is 0 Å². The summed E-state index contributed by atoms with van der Waals surface area (Å²) >= 11 is 0. The van der Waals surface area contributed by atoms with Crippen molar-refractivity contribution in [2.45, 2.75) is 121 Å². The van der Waals surface area contributed by atoms with Crippen molar-refractivity contribution < 1.29 is 22.1 Å². The fraction of sp³-hybridized carbons (Fsp3) is 0.690. The van der Waals surface area contributed by atoms with E-state index >= 15 is 0 Å². The highest BCUT2D eigenvalue weighted by atomic mass is 32.2. The average Bonchev–Trinajstić information content (AvgIpc) is 2.75. The van der Waals surface area contributed by atoms with E-state index in [0.29, 0.717) is 6.42 Å². The number of carbonyl (C=O) groups excluding carboxylic acids is 1. The molecule has 212 valence electrons. The lowest BCUT2D eigenvalue weighted by Gasteiger charge is -2.39. The van der Waals surface area contributed by atoms with E-state index in [2.05, 4.69) is 67.7 Å². The fourth-order valence-electron chi connectivity index (χ4n) is 3.57. The molecule has 1 unspecified atom stereocenters. The van der Waals surface area contributed by atoms with E-state index in [-0.39, 0.29) is 27.7 Å². The van der Waals surface area contributed by atoms with E-state index < -0.39 is 43.4 Å². The maximum absolute atomic E-state index is 13.8. The molecule has 0 amide bonds. The van der Waals surface area contributed by atoms with Gasteiger partial charge < -0.3 is 8.85 Å². The molecule has 1 rings (SSSR count).